The maximum atomic E-state index is 12.7. The highest BCUT2D eigenvalue weighted by Crippen LogP contribution is 2.12. The number of nitrogens with zero attached hydrogens (tertiary/aromatic N) is 1. The van der Waals surface area contributed by atoms with Gasteiger partial charge in [-0.2, -0.15) is 0 Å². The standard InChI is InChI=1S/C13H14FN3O3/c1-8-6-12(17-20-8)16-13(19)15-7-11(18)9-2-4-10(14)5-3-9/h2-6,11,18H,7H2,1H3,(H2,15,16,17,19)/t11-/m1/s1. The summed E-state index contributed by atoms with van der Waals surface area (Å²) in [4.78, 5) is 11.5. The van der Waals surface area contributed by atoms with Gasteiger partial charge in [0.25, 0.3) is 0 Å². The second-order valence-corrected chi connectivity index (χ2v) is 4.23. The Balaban J connectivity index is 1.82. The molecule has 0 unspecified atom stereocenters. The molecule has 2 aromatic rings. The van der Waals surface area contributed by atoms with Gasteiger partial charge in [-0.1, -0.05) is 17.3 Å². The maximum Gasteiger partial charge on any atom is 0.320 e. The fourth-order valence-corrected chi connectivity index (χ4v) is 1.58. The van der Waals surface area contributed by atoms with Crippen LogP contribution < -0.4 is 10.6 Å². The monoisotopic (exact) mass is 279 g/mol. The number of amides is 2. The fourth-order valence-electron chi connectivity index (χ4n) is 1.58. The van der Waals surface area contributed by atoms with Gasteiger partial charge in [0.2, 0.25) is 0 Å². The third-order valence-electron chi connectivity index (χ3n) is 2.58. The van der Waals surface area contributed by atoms with E-state index in [1.165, 1.54) is 24.3 Å². The summed E-state index contributed by atoms with van der Waals surface area (Å²) in [6, 6.07) is 6.46. The fraction of sp³-hybridized carbons (Fsp3) is 0.231. The molecule has 0 aliphatic rings. The molecule has 7 heteroatoms. The Kier molecular flexibility index (Phi) is 4.31. The van der Waals surface area contributed by atoms with E-state index in [0.29, 0.717) is 11.3 Å². The van der Waals surface area contributed by atoms with Gasteiger partial charge < -0.3 is 14.9 Å². The van der Waals surface area contributed by atoms with Gasteiger partial charge in [-0.3, -0.25) is 5.32 Å². The highest BCUT2D eigenvalue weighted by atomic mass is 19.1. The van der Waals surface area contributed by atoms with Crippen molar-refractivity contribution in [1.29, 1.82) is 0 Å². The van der Waals surface area contributed by atoms with E-state index >= 15 is 0 Å². The molecular weight excluding hydrogens is 265 g/mol. The second-order valence-electron chi connectivity index (χ2n) is 4.23. The molecule has 0 saturated heterocycles. The van der Waals surface area contributed by atoms with Gasteiger partial charge in [0.1, 0.15) is 11.6 Å². The molecule has 0 aliphatic heterocycles. The minimum atomic E-state index is -0.916. The summed E-state index contributed by atoms with van der Waals surface area (Å²) in [6.07, 6.45) is -0.916. The van der Waals surface area contributed by atoms with Crippen LogP contribution in [0.4, 0.5) is 15.0 Å². The first-order valence-electron chi connectivity index (χ1n) is 5.96. The molecule has 1 heterocycles. The van der Waals surface area contributed by atoms with E-state index in [9.17, 15) is 14.3 Å². The Morgan fingerprint density at radius 1 is 1.45 bits per heavy atom. The number of aliphatic hydroxyl groups is 1. The van der Waals surface area contributed by atoms with Gasteiger partial charge >= 0.3 is 6.03 Å². The summed E-state index contributed by atoms with van der Waals surface area (Å²) in [6.45, 7) is 1.70. The first-order valence-corrected chi connectivity index (χ1v) is 5.96. The normalized spacial score (nSPS) is 11.9. The summed E-state index contributed by atoms with van der Waals surface area (Å²) >= 11 is 0. The number of urea groups is 1. The highest BCUT2D eigenvalue weighted by molar-refractivity contribution is 5.88. The molecule has 1 aromatic carbocycles. The van der Waals surface area contributed by atoms with Gasteiger partial charge in [-0.25, -0.2) is 9.18 Å². The maximum absolute atomic E-state index is 12.7. The average Bonchev–Trinajstić information content (AvgIpc) is 2.82. The summed E-state index contributed by atoms with van der Waals surface area (Å²) in [5.41, 5.74) is 0.518. The van der Waals surface area contributed by atoms with Crippen molar-refractivity contribution in [1.82, 2.24) is 10.5 Å². The predicted octanol–water partition coefficient (Wildman–Crippen LogP) is 1.98. The number of nitrogens with one attached hydrogen (secondary N) is 2. The van der Waals surface area contributed by atoms with Crippen LogP contribution in [-0.2, 0) is 0 Å². The molecular formula is C13H14FN3O3. The van der Waals surface area contributed by atoms with E-state index in [-0.39, 0.29) is 18.2 Å². The van der Waals surface area contributed by atoms with Gasteiger partial charge in [-0.05, 0) is 24.6 Å². The van der Waals surface area contributed by atoms with Crippen LogP contribution in [0.5, 0.6) is 0 Å². The number of anilines is 1. The van der Waals surface area contributed by atoms with E-state index in [1.54, 1.807) is 13.0 Å². The molecule has 20 heavy (non-hydrogen) atoms. The smallest absolute Gasteiger partial charge is 0.320 e. The van der Waals surface area contributed by atoms with Crippen molar-refractivity contribution in [3.63, 3.8) is 0 Å². The van der Waals surface area contributed by atoms with Crippen molar-refractivity contribution in [3.8, 4) is 0 Å². The highest BCUT2D eigenvalue weighted by Gasteiger charge is 2.10. The number of benzene rings is 1. The van der Waals surface area contributed by atoms with Gasteiger partial charge in [0, 0.05) is 12.6 Å². The quantitative estimate of drug-likeness (QED) is 0.798. The molecule has 1 atom stereocenters. The number of carbonyl (C=O) groups is 1. The number of halogens is 1. The topological polar surface area (TPSA) is 87.4 Å². The van der Waals surface area contributed by atoms with E-state index in [0.717, 1.165) is 0 Å². The number of hydrogen-bond acceptors (Lipinski definition) is 4. The zero-order valence-corrected chi connectivity index (χ0v) is 10.8. The van der Waals surface area contributed by atoms with E-state index in [2.05, 4.69) is 15.8 Å². The van der Waals surface area contributed by atoms with Crippen LogP contribution in [0.15, 0.2) is 34.9 Å². The summed E-state index contributed by atoms with van der Waals surface area (Å²) in [5.74, 6) is 0.482. The molecule has 0 fully saturated rings. The Hall–Kier alpha value is -2.41. The lowest BCUT2D eigenvalue weighted by molar-refractivity contribution is 0.175. The zero-order chi connectivity index (χ0) is 14.5. The van der Waals surface area contributed by atoms with Crippen LogP contribution in [-0.4, -0.2) is 22.8 Å². The van der Waals surface area contributed by atoms with Crippen LogP contribution in [0.3, 0.4) is 0 Å². The molecule has 0 spiro atoms. The lowest BCUT2D eigenvalue weighted by Crippen LogP contribution is -2.32. The lowest BCUT2D eigenvalue weighted by atomic mass is 10.1. The van der Waals surface area contributed by atoms with Gasteiger partial charge in [0.05, 0.1) is 6.10 Å². The molecule has 0 bridgehead atoms. The molecule has 2 rings (SSSR count). The van der Waals surface area contributed by atoms with Crippen LogP contribution in [0.1, 0.15) is 17.4 Å². The number of hydrogen-bond donors (Lipinski definition) is 3. The van der Waals surface area contributed by atoms with Crippen LogP contribution >= 0.6 is 0 Å². The van der Waals surface area contributed by atoms with E-state index < -0.39 is 12.1 Å². The molecule has 2 amide bonds. The minimum Gasteiger partial charge on any atom is -0.387 e. The number of carbonyl (C=O) groups excluding carboxylic acids is 1. The van der Waals surface area contributed by atoms with Gasteiger partial charge in [-0.15, -0.1) is 0 Å². The van der Waals surface area contributed by atoms with E-state index in [4.69, 9.17) is 4.52 Å². The van der Waals surface area contributed by atoms with Crippen molar-refractivity contribution in [2.24, 2.45) is 0 Å². The number of aliphatic hydroxyl groups excluding tert-OH is 1. The van der Waals surface area contributed by atoms with Crippen molar-refractivity contribution < 1.29 is 18.8 Å². The van der Waals surface area contributed by atoms with Crippen molar-refractivity contribution in [2.75, 3.05) is 11.9 Å². The lowest BCUT2D eigenvalue weighted by Gasteiger charge is -2.12. The minimum absolute atomic E-state index is 0.00566. The SMILES string of the molecule is Cc1cc(NC(=O)NC[C@@H](O)c2ccc(F)cc2)no1. The zero-order valence-electron chi connectivity index (χ0n) is 10.8. The first-order chi connectivity index (χ1) is 9.54. The first kappa shape index (κ1) is 14.0. The Bertz CT molecular complexity index is 583. The van der Waals surface area contributed by atoms with Crippen molar-refractivity contribution in [3.05, 3.63) is 47.5 Å². The van der Waals surface area contributed by atoms with Crippen LogP contribution in [0.2, 0.25) is 0 Å². The predicted molar refractivity (Wildman–Crippen MR) is 69.6 cm³/mol. The molecule has 0 aliphatic carbocycles. The summed E-state index contributed by atoms with van der Waals surface area (Å²) < 4.78 is 17.5. The third kappa shape index (κ3) is 3.79. The van der Waals surface area contributed by atoms with Crippen LogP contribution in [0.25, 0.3) is 0 Å². The molecule has 106 valence electrons. The van der Waals surface area contributed by atoms with Gasteiger partial charge in [0.15, 0.2) is 5.82 Å². The molecule has 0 saturated carbocycles. The van der Waals surface area contributed by atoms with Crippen molar-refractivity contribution in [2.45, 2.75) is 13.0 Å². The Morgan fingerprint density at radius 3 is 2.75 bits per heavy atom. The summed E-state index contributed by atoms with van der Waals surface area (Å²) in [7, 11) is 0. The van der Waals surface area contributed by atoms with Crippen LogP contribution in [0, 0.1) is 12.7 Å². The third-order valence-corrected chi connectivity index (χ3v) is 2.58. The number of rotatable bonds is 4. The number of aryl methyl sites for hydroxylation is 1. The number of aromatic nitrogens is 1. The Labute approximate surface area is 114 Å². The molecule has 3 N–H and O–H groups in total. The Morgan fingerprint density at radius 2 is 2.15 bits per heavy atom. The van der Waals surface area contributed by atoms with Crippen molar-refractivity contribution >= 4 is 11.8 Å². The molecule has 6 nitrogen and oxygen atoms in total. The molecule has 0 radical (unpaired) electrons. The largest absolute Gasteiger partial charge is 0.387 e. The van der Waals surface area contributed by atoms with E-state index in [1.807, 2.05) is 0 Å². The second kappa shape index (κ2) is 6.16. The molecule has 1 aromatic heterocycles. The summed E-state index contributed by atoms with van der Waals surface area (Å²) in [5, 5.41) is 18.4. The average molecular weight is 279 g/mol.